The Morgan fingerprint density at radius 1 is 1.18 bits per heavy atom. The summed E-state index contributed by atoms with van der Waals surface area (Å²) in [6.45, 7) is 2.49. The summed E-state index contributed by atoms with van der Waals surface area (Å²) in [4.78, 5) is 31.0. The van der Waals surface area contributed by atoms with Gasteiger partial charge in [-0.2, -0.15) is 0 Å². The number of carbonyl (C=O) groups is 2. The molecule has 8 nitrogen and oxygen atoms in total. The van der Waals surface area contributed by atoms with E-state index in [1.165, 1.54) is 6.42 Å². The number of fused-ring (bicyclic) bond motifs is 1. The number of ether oxygens (including phenoxy) is 1. The summed E-state index contributed by atoms with van der Waals surface area (Å²) in [6.07, 6.45) is 8.81. The standard InChI is InChI=1S/C18H27N5O3.2ClH/c24-17(21-13-4-2-1-3-5-13)26-12-16-20-10-15-11-22(18(25)23(15)16)14-6-8-19-9-7-14;;/h10,13-14,19H,1-9,11-12H2,(H,21,24);2*1H. The van der Waals surface area contributed by atoms with E-state index in [2.05, 4.69) is 15.6 Å². The third-order valence-corrected chi connectivity index (χ3v) is 5.69. The topological polar surface area (TPSA) is 88.5 Å². The van der Waals surface area contributed by atoms with Gasteiger partial charge >= 0.3 is 12.1 Å². The number of hydrogen-bond acceptors (Lipinski definition) is 5. The molecule has 3 aliphatic rings. The van der Waals surface area contributed by atoms with E-state index in [-0.39, 0.29) is 49.5 Å². The summed E-state index contributed by atoms with van der Waals surface area (Å²) >= 11 is 0. The quantitative estimate of drug-likeness (QED) is 0.761. The van der Waals surface area contributed by atoms with Crippen LogP contribution in [0, 0.1) is 0 Å². The Morgan fingerprint density at radius 3 is 2.61 bits per heavy atom. The van der Waals surface area contributed by atoms with E-state index >= 15 is 0 Å². The summed E-state index contributed by atoms with van der Waals surface area (Å²) in [6, 6.07) is 0.432. The molecule has 2 N–H and O–H groups in total. The van der Waals surface area contributed by atoms with Crippen molar-refractivity contribution in [3.63, 3.8) is 0 Å². The molecule has 0 bridgehead atoms. The van der Waals surface area contributed by atoms with Gasteiger partial charge in [-0.1, -0.05) is 19.3 Å². The van der Waals surface area contributed by atoms with E-state index in [4.69, 9.17) is 4.74 Å². The number of imidazole rings is 1. The molecule has 1 saturated carbocycles. The van der Waals surface area contributed by atoms with Crippen molar-refractivity contribution >= 4 is 36.9 Å². The lowest BCUT2D eigenvalue weighted by Crippen LogP contribution is -2.44. The summed E-state index contributed by atoms with van der Waals surface area (Å²) in [7, 11) is 0. The van der Waals surface area contributed by atoms with Gasteiger partial charge in [0.05, 0.1) is 18.4 Å². The van der Waals surface area contributed by atoms with Crippen molar-refractivity contribution in [3.05, 3.63) is 17.7 Å². The fourth-order valence-corrected chi connectivity index (χ4v) is 4.24. The van der Waals surface area contributed by atoms with Crippen molar-refractivity contribution in [1.82, 2.24) is 25.1 Å². The van der Waals surface area contributed by atoms with Gasteiger partial charge in [0.15, 0.2) is 12.4 Å². The van der Waals surface area contributed by atoms with Crippen LogP contribution in [-0.2, 0) is 17.9 Å². The fourth-order valence-electron chi connectivity index (χ4n) is 4.24. The number of piperidine rings is 1. The monoisotopic (exact) mass is 433 g/mol. The second-order valence-electron chi connectivity index (χ2n) is 7.45. The maximum atomic E-state index is 12.8. The Bertz CT molecular complexity index is 672. The van der Waals surface area contributed by atoms with E-state index < -0.39 is 6.09 Å². The van der Waals surface area contributed by atoms with Crippen LogP contribution in [0.5, 0.6) is 0 Å². The first-order chi connectivity index (χ1) is 12.7. The zero-order valence-corrected chi connectivity index (χ0v) is 17.5. The van der Waals surface area contributed by atoms with Gasteiger partial charge in [-0.25, -0.2) is 19.1 Å². The largest absolute Gasteiger partial charge is 0.441 e. The molecular formula is C18H29Cl2N5O3. The smallest absolute Gasteiger partial charge is 0.407 e. The maximum absolute atomic E-state index is 12.8. The molecule has 2 amide bonds. The van der Waals surface area contributed by atoms with Gasteiger partial charge in [-0.3, -0.25) is 0 Å². The average molecular weight is 434 g/mol. The summed E-state index contributed by atoms with van der Waals surface area (Å²) in [5, 5.41) is 6.24. The van der Waals surface area contributed by atoms with Gasteiger partial charge < -0.3 is 20.3 Å². The third kappa shape index (κ3) is 4.90. The van der Waals surface area contributed by atoms with Crippen LogP contribution in [0.4, 0.5) is 9.59 Å². The van der Waals surface area contributed by atoms with E-state index in [1.807, 2.05) is 4.90 Å². The van der Waals surface area contributed by atoms with Gasteiger partial charge in [-0.15, -0.1) is 24.8 Å². The highest BCUT2D eigenvalue weighted by Crippen LogP contribution is 2.25. The Kier molecular flexibility index (Phi) is 8.39. The second kappa shape index (κ2) is 10.3. The first-order valence-electron chi connectivity index (χ1n) is 9.73. The van der Waals surface area contributed by atoms with E-state index in [9.17, 15) is 9.59 Å². The highest BCUT2D eigenvalue weighted by Gasteiger charge is 2.35. The number of halogens is 2. The number of rotatable bonds is 4. The number of nitrogens with one attached hydrogen (secondary N) is 2. The molecule has 0 radical (unpaired) electrons. The molecule has 1 aromatic rings. The molecule has 0 aromatic carbocycles. The molecule has 4 rings (SSSR count). The molecule has 3 heterocycles. The molecule has 2 fully saturated rings. The highest BCUT2D eigenvalue weighted by atomic mass is 35.5. The molecule has 1 saturated heterocycles. The van der Waals surface area contributed by atoms with Crippen molar-refractivity contribution in [2.45, 2.75) is 70.2 Å². The Morgan fingerprint density at radius 2 is 1.89 bits per heavy atom. The lowest BCUT2D eigenvalue weighted by molar-refractivity contribution is 0.128. The van der Waals surface area contributed by atoms with Gasteiger partial charge in [0.2, 0.25) is 0 Å². The van der Waals surface area contributed by atoms with Crippen LogP contribution < -0.4 is 10.6 Å². The first-order valence-corrected chi connectivity index (χ1v) is 9.73. The number of alkyl carbamates (subject to hydrolysis) is 1. The molecule has 10 heteroatoms. The number of amides is 2. The SMILES string of the molecule is Cl.Cl.O=C(NC1CCCCC1)OCc1ncc2n1C(=O)N(C1CCNCC1)C2. The van der Waals surface area contributed by atoms with Crippen molar-refractivity contribution in [3.8, 4) is 0 Å². The maximum Gasteiger partial charge on any atom is 0.407 e. The van der Waals surface area contributed by atoms with Gasteiger partial charge in [-0.05, 0) is 38.8 Å². The summed E-state index contributed by atoms with van der Waals surface area (Å²) < 4.78 is 6.94. The first kappa shape index (κ1) is 22.8. The van der Waals surface area contributed by atoms with E-state index in [1.54, 1.807) is 10.8 Å². The van der Waals surface area contributed by atoms with Crippen molar-refractivity contribution in [2.75, 3.05) is 13.1 Å². The number of aromatic nitrogens is 2. The van der Waals surface area contributed by atoms with Crippen LogP contribution >= 0.6 is 24.8 Å². The van der Waals surface area contributed by atoms with Crippen LogP contribution in [0.15, 0.2) is 6.20 Å². The second-order valence-corrected chi connectivity index (χ2v) is 7.45. The van der Waals surface area contributed by atoms with Gasteiger partial charge in [0.1, 0.15) is 0 Å². The lowest BCUT2D eigenvalue weighted by atomic mass is 9.96. The van der Waals surface area contributed by atoms with Crippen molar-refractivity contribution < 1.29 is 14.3 Å². The predicted molar refractivity (Wildman–Crippen MR) is 109 cm³/mol. The summed E-state index contributed by atoms with van der Waals surface area (Å²) in [5.74, 6) is 0.500. The Balaban J connectivity index is 0.00000140. The minimum absolute atomic E-state index is 0. The number of carbonyl (C=O) groups excluding carboxylic acids is 2. The number of nitrogens with zero attached hydrogens (tertiary/aromatic N) is 3. The van der Waals surface area contributed by atoms with Crippen LogP contribution in [0.3, 0.4) is 0 Å². The molecule has 1 aliphatic carbocycles. The molecule has 1 aromatic heterocycles. The normalized spacial score (nSPS) is 20.1. The van der Waals surface area contributed by atoms with Gasteiger partial charge in [0.25, 0.3) is 0 Å². The zero-order chi connectivity index (χ0) is 17.9. The molecular weight excluding hydrogens is 405 g/mol. The van der Waals surface area contributed by atoms with Crippen LogP contribution in [0.1, 0.15) is 56.5 Å². The minimum atomic E-state index is -0.421. The van der Waals surface area contributed by atoms with E-state index in [0.717, 1.165) is 57.3 Å². The van der Waals surface area contributed by atoms with Crippen LogP contribution in [0.2, 0.25) is 0 Å². The van der Waals surface area contributed by atoms with Crippen molar-refractivity contribution in [2.24, 2.45) is 0 Å². The molecule has 0 atom stereocenters. The number of hydrogen-bond donors (Lipinski definition) is 2. The molecule has 2 aliphatic heterocycles. The fraction of sp³-hybridized carbons (Fsp3) is 0.722. The Hall–Kier alpha value is -1.51. The predicted octanol–water partition coefficient (Wildman–Crippen LogP) is 2.82. The third-order valence-electron chi connectivity index (χ3n) is 5.69. The highest BCUT2D eigenvalue weighted by molar-refractivity contribution is 5.85. The minimum Gasteiger partial charge on any atom is -0.441 e. The van der Waals surface area contributed by atoms with Crippen LogP contribution in [0.25, 0.3) is 0 Å². The molecule has 28 heavy (non-hydrogen) atoms. The zero-order valence-electron chi connectivity index (χ0n) is 15.9. The Labute approximate surface area is 177 Å². The van der Waals surface area contributed by atoms with E-state index in [0.29, 0.717) is 12.4 Å². The lowest BCUT2D eigenvalue weighted by Gasteiger charge is -2.30. The molecule has 158 valence electrons. The summed E-state index contributed by atoms with van der Waals surface area (Å²) in [5.41, 5.74) is 0.875. The molecule has 0 spiro atoms. The molecule has 0 unspecified atom stereocenters. The average Bonchev–Trinajstić information content (AvgIpc) is 3.22. The van der Waals surface area contributed by atoms with Crippen molar-refractivity contribution in [1.29, 1.82) is 0 Å². The van der Waals surface area contributed by atoms with Crippen LogP contribution in [-0.4, -0.2) is 51.7 Å². The van der Waals surface area contributed by atoms with Gasteiger partial charge in [0, 0.05) is 12.1 Å².